The highest BCUT2D eigenvalue weighted by Crippen LogP contribution is 2.30. The number of hydrogen-bond acceptors (Lipinski definition) is 2. The molecule has 0 amide bonds. The molecule has 1 aromatic carbocycles. The normalized spacial score (nSPS) is 11.3. The van der Waals surface area contributed by atoms with E-state index in [1.165, 1.54) is 0 Å². The minimum absolute atomic E-state index is 0.0630. The van der Waals surface area contributed by atoms with Crippen LogP contribution in [0.5, 0.6) is 0 Å². The van der Waals surface area contributed by atoms with Gasteiger partial charge in [0.1, 0.15) is 0 Å². The van der Waals surface area contributed by atoms with Gasteiger partial charge in [0.15, 0.2) is 6.29 Å². The summed E-state index contributed by atoms with van der Waals surface area (Å²) in [6.45, 7) is 0. The van der Waals surface area contributed by atoms with E-state index in [9.17, 15) is 18.0 Å². The van der Waals surface area contributed by atoms with E-state index in [4.69, 9.17) is 5.73 Å². The Balaban J connectivity index is 3.17. The summed E-state index contributed by atoms with van der Waals surface area (Å²) in [4.78, 5) is 10.2. The molecule has 2 nitrogen and oxygen atoms in total. The molecule has 0 saturated carbocycles. The van der Waals surface area contributed by atoms with Crippen LogP contribution < -0.4 is 5.73 Å². The molecule has 70 valence electrons. The zero-order chi connectivity index (χ0) is 10.1. The molecule has 5 heteroatoms. The number of rotatable bonds is 1. The Morgan fingerprint density at radius 2 is 1.92 bits per heavy atom. The van der Waals surface area contributed by atoms with Gasteiger partial charge >= 0.3 is 6.18 Å². The van der Waals surface area contributed by atoms with Crippen molar-refractivity contribution in [1.29, 1.82) is 0 Å². The molecule has 0 heterocycles. The zero-order valence-electron chi connectivity index (χ0n) is 6.43. The topological polar surface area (TPSA) is 43.1 Å². The number of nitrogens with two attached hydrogens (primary N) is 1. The van der Waals surface area contributed by atoms with Crippen molar-refractivity contribution in [3.63, 3.8) is 0 Å². The summed E-state index contributed by atoms with van der Waals surface area (Å²) in [6, 6.07) is 2.61. The third-order valence-electron chi connectivity index (χ3n) is 1.54. The first-order valence-electron chi connectivity index (χ1n) is 3.37. The lowest BCUT2D eigenvalue weighted by Gasteiger charge is -2.07. The van der Waals surface area contributed by atoms with E-state index < -0.39 is 11.7 Å². The highest BCUT2D eigenvalue weighted by molar-refractivity contribution is 5.83. The van der Waals surface area contributed by atoms with Crippen LogP contribution in [0.1, 0.15) is 15.9 Å². The molecule has 1 aromatic rings. The Morgan fingerprint density at radius 1 is 1.31 bits per heavy atom. The van der Waals surface area contributed by atoms with Crippen molar-refractivity contribution in [2.75, 3.05) is 5.73 Å². The molecule has 1 rings (SSSR count). The second kappa shape index (κ2) is 3.08. The predicted octanol–water partition coefficient (Wildman–Crippen LogP) is 2.10. The minimum Gasteiger partial charge on any atom is -0.398 e. The first-order chi connectivity index (χ1) is 5.95. The quantitative estimate of drug-likeness (QED) is 0.543. The second-order valence-corrected chi connectivity index (χ2v) is 2.46. The molecule has 0 aliphatic carbocycles. The number of anilines is 1. The summed E-state index contributed by atoms with van der Waals surface area (Å²) in [5.74, 6) is 0. The van der Waals surface area contributed by atoms with Crippen LogP contribution in [0.3, 0.4) is 0 Å². The van der Waals surface area contributed by atoms with E-state index in [-0.39, 0.29) is 11.3 Å². The van der Waals surface area contributed by atoms with E-state index in [0.717, 1.165) is 18.2 Å². The van der Waals surface area contributed by atoms with E-state index in [0.29, 0.717) is 6.29 Å². The SMILES string of the molecule is Nc1cc(C(F)(F)F)ccc1C=O. The molecule has 0 saturated heterocycles. The van der Waals surface area contributed by atoms with Crippen molar-refractivity contribution < 1.29 is 18.0 Å². The van der Waals surface area contributed by atoms with Gasteiger partial charge in [-0.3, -0.25) is 4.79 Å². The van der Waals surface area contributed by atoms with Crippen LogP contribution in [0.4, 0.5) is 18.9 Å². The molecule has 0 fully saturated rings. The maximum atomic E-state index is 12.1. The van der Waals surface area contributed by atoms with Gasteiger partial charge in [-0.05, 0) is 18.2 Å². The fourth-order valence-electron chi connectivity index (χ4n) is 0.858. The first-order valence-corrected chi connectivity index (χ1v) is 3.37. The molecule has 0 spiro atoms. The standard InChI is InChI=1S/C8H6F3NO/c9-8(10,11)6-2-1-5(4-13)7(12)3-6/h1-4H,12H2. The van der Waals surface area contributed by atoms with E-state index >= 15 is 0 Å². The lowest BCUT2D eigenvalue weighted by molar-refractivity contribution is -0.137. The van der Waals surface area contributed by atoms with Crippen molar-refractivity contribution in [2.24, 2.45) is 0 Å². The third kappa shape index (κ3) is 1.99. The Bertz CT molecular complexity index is 333. The van der Waals surface area contributed by atoms with E-state index in [2.05, 4.69) is 0 Å². The molecule has 0 bridgehead atoms. The smallest absolute Gasteiger partial charge is 0.398 e. The van der Waals surface area contributed by atoms with Crippen molar-refractivity contribution >= 4 is 12.0 Å². The van der Waals surface area contributed by atoms with Crippen molar-refractivity contribution in [3.05, 3.63) is 29.3 Å². The molecule has 13 heavy (non-hydrogen) atoms. The summed E-state index contributed by atoms with van der Waals surface area (Å²) < 4.78 is 36.2. The molecule has 0 aliphatic heterocycles. The minimum atomic E-state index is -4.42. The zero-order valence-corrected chi connectivity index (χ0v) is 6.43. The summed E-state index contributed by atoms with van der Waals surface area (Å²) in [5, 5.41) is 0. The van der Waals surface area contributed by atoms with E-state index in [1.54, 1.807) is 0 Å². The Morgan fingerprint density at radius 3 is 2.31 bits per heavy atom. The third-order valence-corrected chi connectivity index (χ3v) is 1.54. The van der Waals surface area contributed by atoms with Crippen LogP contribution in [-0.2, 0) is 6.18 Å². The molecular weight excluding hydrogens is 183 g/mol. The van der Waals surface area contributed by atoms with Gasteiger partial charge in [0, 0.05) is 11.3 Å². The van der Waals surface area contributed by atoms with Crippen LogP contribution in [0.25, 0.3) is 0 Å². The number of aldehydes is 1. The largest absolute Gasteiger partial charge is 0.416 e. The molecule has 0 unspecified atom stereocenters. The van der Waals surface area contributed by atoms with Gasteiger partial charge in [-0.25, -0.2) is 0 Å². The Labute approximate surface area is 72.2 Å². The number of hydrogen-bond donors (Lipinski definition) is 1. The Hall–Kier alpha value is -1.52. The number of nitrogen functional groups attached to an aromatic ring is 1. The van der Waals surface area contributed by atoms with Crippen LogP contribution in [0, 0.1) is 0 Å². The van der Waals surface area contributed by atoms with Crippen LogP contribution in [0.2, 0.25) is 0 Å². The van der Waals surface area contributed by atoms with Crippen LogP contribution >= 0.6 is 0 Å². The summed E-state index contributed by atoms with van der Waals surface area (Å²) in [5.41, 5.74) is 4.25. The highest BCUT2D eigenvalue weighted by Gasteiger charge is 2.30. The lowest BCUT2D eigenvalue weighted by Crippen LogP contribution is -2.06. The number of carbonyl (C=O) groups is 1. The fourth-order valence-corrected chi connectivity index (χ4v) is 0.858. The summed E-state index contributed by atoms with van der Waals surface area (Å²) in [7, 11) is 0. The molecule has 0 aliphatic rings. The van der Waals surface area contributed by atoms with Gasteiger partial charge in [-0.1, -0.05) is 0 Å². The summed E-state index contributed by atoms with van der Waals surface area (Å²) >= 11 is 0. The summed E-state index contributed by atoms with van der Waals surface area (Å²) in [6.07, 6.45) is -4.01. The molecular formula is C8H6F3NO. The van der Waals surface area contributed by atoms with Gasteiger partial charge in [-0.2, -0.15) is 13.2 Å². The van der Waals surface area contributed by atoms with Gasteiger partial charge in [0.25, 0.3) is 0 Å². The van der Waals surface area contributed by atoms with E-state index in [1.807, 2.05) is 0 Å². The average Bonchev–Trinajstić information content (AvgIpc) is 2.02. The number of halogens is 3. The maximum absolute atomic E-state index is 12.1. The van der Waals surface area contributed by atoms with Crippen LogP contribution in [0.15, 0.2) is 18.2 Å². The van der Waals surface area contributed by atoms with Crippen molar-refractivity contribution in [3.8, 4) is 0 Å². The lowest BCUT2D eigenvalue weighted by atomic mass is 10.1. The van der Waals surface area contributed by atoms with Crippen molar-refractivity contribution in [2.45, 2.75) is 6.18 Å². The van der Waals surface area contributed by atoms with Crippen molar-refractivity contribution in [1.82, 2.24) is 0 Å². The van der Waals surface area contributed by atoms with Gasteiger partial charge < -0.3 is 5.73 Å². The Kier molecular flexibility index (Phi) is 2.27. The predicted molar refractivity (Wildman–Crippen MR) is 41.2 cm³/mol. The molecule has 0 aromatic heterocycles. The number of alkyl halides is 3. The average molecular weight is 189 g/mol. The first kappa shape index (κ1) is 9.57. The molecule has 0 radical (unpaired) electrons. The highest BCUT2D eigenvalue weighted by atomic mass is 19.4. The molecule has 0 atom stereocenters. The fraction of sp³-hybridized carbons (Fsp3) is 0.125. The maximum Gasteiger partial charge on any atom is 0.416 e. The van der Waals surface area contributed by atoms with Gasteiger partial charge in [-0.15, -0.1) is 0 Å². The monoisotopic (exact) mass is 189 g/mol. The van der Waals surface area contributed by atoms with Crippen LogP contribution in [-0.4, -0.2) is 6.29 Å². The van der Waals surface area contributed by atoms with Gasteiger partial charge in [0.05, 0.1) is 5.56 Å². The molecule has 2 N–H and O–H groups in total. The number of carbonyl (C=O) groups excluding carboxylic acids is 1. The van der Waals surface area contributed by atoms with Gasteiger partial charge in [0.2, 0.25) is 0 Å². The number of benzene rings is 1. The second-order valence-electron chi connectivity index (χ2n) is 2.46.